The summed E-state index contributed by atoms with van der Waals surface area (Å²) in [6.07, 6.45) is -1.04. The van der Waals surface area contributed by atoms with Crippen LogP contribution in [0.5, 0.6) is 0 Å². The van der Waals surface area contributed by atoms with Crippen LogP contribution in [0.4, 0.5) is 0 Å². The van der Waals surface area contributed by atoms with E-state index in [1.54, 1.807) is 48.5 Å². The van der Waals surface area contributed by atoms with Gasteiger partial charge in [-0.1, -0.05) is 52.3 Å². The van der Waals surface area contributed by atoms with Crippen LogP contribution in [0.15, 0.2) is 60.7 Å². The highest BCUT2D eigenvalue weighted by Crippen LogP contribution is 2.29. The second-order valence-corrected chi connectivity index (χ2v) is 6.95. The molecule has 0 saturated carbocycles. The van der Waals surface area contributed by atoms with E-state index in [-0.39, 0.29) is 6.10 Å². The maximum Gasteiger partial charge on any atom is 0.338 e. The SMILES string of the molecule is C[C@@H]1O[C@@H](Br)[C@@H](OC(=O)c2ccccc2)C[C@@H]1OC(=O)c1ccccc1. The number of carbonyl (C=O) groups excluding carboxylic acids is 2. The molecule has 1 saturated heterocycles. The van der Waals surface area contributed by atoms with Crippen LogP contribution in [0.3, 0.4) is 0 Å². The van der Waals surface area contributed by atoms with Crippen LogP contribution in [-0.2, 0) is 14.2 Å². The Kier molecular flexibility index (Phi) is 6.06. The number of carbonyl (C=O) groups is 2. The summed E-state index contributed by atoms with van der Waals surface area (Å²) in [6, 6.07) is 17.5. The fourth-order valence-electron chi connectivity index (χ4n) is 2.71. The molecule has 1 aliphatic rings. The first-order chi connectivity index (χ1) is 12.5. The van der Waals surface area contributed by atoms with Gasteiger partial charge in [-0.25, -0.2) is 9.59 Å². The molecule has 0 unspecified atom stereocenters. The van der Waals surface area contributed by atoms with Crippen molar-refractivity contribution >= 4 is 27.9 Å². The lowest BCUT2D eigenvalue weighted by Gasteiger charge is -2.36. The molecule has 2 aromatic rings. The van der Waals surface area contributed by atoms with Gasteiger partial charge in [-0.3, -0.25) is 0 Å². The van der Waals surface area contributed by atoms with E-state index >= 15 is 0 Å². The topological polar surface area (TPSA) is 61.8 Å². The lowest BCUT2D eigenvalue weighted by molar-refractivity contribution is -0.133. The van der Waals surface area contributed by atoms with Gasteiger partial charge in [0.1, 0.15) is 17.2 Å². The minimum absolute atomic E-state index is 0.321. The highest BCUT2D eigenvalue weighted by molar-refractivity contribution is 9.09. The predicted octanol–water partition coefficient (Wildman–Crippen LogP) is 3.97. The fraction of sp³-hybridized carbons (Fsp3) is 0.300. The number of halogens is 1. The second-order valence-electron chi connectivity index (χ2n) is 6.05. The molecule has 4 atom stereocenters. The standard InChI is InChI=1S/C20H19BrO5/c1-13-16(25-19(22)14-8-4-2-5-9-14)12-17(18(21)24-13)26-20(23)15-10-6-3-7-11-15/h2-11,13,16-18H,12H2,1H3/t13-,16-,17-,18+/m0/s1. The number of hydrogen-bond acceptors (Lipinski definition) is 5. The number of benzene rings is 2. The van der Waals surface area contributed by atoms with E-state index in [1.807, 2.05) is 19.1 Å². The summed E-state index contributed by atoms with van der Waals surface area (Å²) in [6.45, 7) is 1.83. The van der Waals surface area contributed by atoms with Crippen molar-refractivity contribution in [2.75, 3.05) is 0 Å². The third-order valence-electron chi connectivity index (χ3n) is 4.16. The van der Waals surface area contributed by atoms with Crippen LogP contribution >= 0.6 is 15.9 Å². The van der Waals surface area contributed by atoms with Gasteiger partial charge in [0, 0.05) is 6.42 Å². The normalized spacial score (nSPS) is 25.3. The van der Waals surface area contributed by atoms with Gasteiger partial charge in [0.15, 0.2) is 0 Å². The first-order valence-corrected chi connectivity index (χ1v) is 9.28. The molecule has 5 nitrogen and oxygen atoms in total. The molecule has 6 heteroatoms. The Labute approximate surface area is 160 Å². The maximum absolute atomic E-state index is 12.3. The Hall–Kier alpha value is -2.18. The third kappa shape index (κ3) is 4.51. The number of esters is 2. The van der Waals surface area contributed by atoms with Gasteiger partial charge in [0.05, 0.1) is 17.2 Å². The van der Waals surface area contributed by atoms with Crippen molar-refractivity contribution in [3.63, 3.8) is 0 Å². The Bertz CT molecular complexity index is 686. The van der Waals surface area contributed by atoms with E-state index in [2.05, 4.69) is 15.9 Å². The Morgan fingerprint density at radius 1 is 0.885 bits per heavy atom. The summed E-state index contributed by atoms with van der Waals surface area (Å²) >= 11 is 3.39. The molecule has 0 bridgehead atoms. The van der Waals surface area contributed by atoms with Gasteiger partial charge in [0.25, 0.3) is 0 Å². The minimum Gasteiger partial charge on any atom is -0.456 e. The first-order valence-electron chi connectivity index (χ1n) is 8.36. The predicted molar refractivity (Wildman–Crippen MR) is 99.2 cm³/mol. The van der Waals surface area contributed by atoms with E-state index < -0.39 is 29.2 Å². The lowest BCUT2D eigenvalue weighted by Crippen LogP contribution is -2.47. The smallest absolute Gasteiger partial charge is 0.338 e. The van der Waals surface area contributed by atoms with Gasteiger partial charge >= 0.3 is 11.9 Å². The van der Waals surface area contributed by atoms with Crippen molar-refractivity contribution in [1.82, 2.24) is 0 Å². The van der Waals surface area contributed by atoms with Gasteiger partial charge in [-0.15, -0.1) is 0 Å². The van der Waals surface area contributed by atoms with Crippen LogP contribution in [0.2, 0.25) is 0 Å². The third-order valence-corrected chi connectivity index (χ3v) is 4.97. The molecule has 0 aromatic heterocycles. The summed E-state index contributed by atoms with van der Waals surface area (Å²) in [5, 5.41) is -0.461. The zero-order chi connectivity index (χ0) is 18.5. The molecule has 136 valence electrons. The lowest BCUT2D eigenvalue weighted by atomic mass is 10.0. The van der Waals surface area contributed by atoms with E-state index in [0.717, 1.165) is 0 Å². The van der Waals surface area contributed by atoms with E-state index in [0.29, 0.717) is 17.5 Å². The molecule has 0 spiro atoms. The number of hydrogen-bond donors (Lipinski definition) is 0. The molecule has 1 heterocycles. The van der Waals surface area contributed by atoms with Crippen molar-refractivity contribution in [2.24, 2.45) is 0 Å². The van der Waals surface area contributed by atoms with Crippen LogP contribution < -0.4 is 0 Å². The highest BCUT2D eigenvalue weighted by Gasteiger charge is 2.39. The molecule has 3 rings (SSSR count). The molecule has 1 aliphatic heterocycles. The zero-order valence-corrected chi connectivity index (χ0v) is 15.8. The molecule has 0 amide bonds. The van der Waals surface area contributed by atoms with Crippen LogP contribution in [0.1, 0.15) is 34.1 Å². The van der Waals surface area contributed by atoms with Crippen LogP contribution in [0, 0.1) is 0 Å². The van der Waals surface area contributed by atoms with Crippen molar-refractivity contribution in [3.8, 4) is 0 Å². The molecular formula is C20H19BrO5. The van der Waals surface area contributed by atoms with Crippen LogP contribution in [-0.4, -0.2) is 35.3 Å². The van der Waals surface area contributed by atoms with Gasteiger partial charge in [0.2, 0.25) is 0 Å². The maximum atomic E-state index is 12.3. The summed E-state index contributed by atoms with van der Waals surface area (Å²) in [5.74, 6) is -0.862. The number of ether oxygens (including phenoxy) is 3. The second kappa shape index (κ2) is 8.47. The molecule has 0 N–H and O–H groups in total. The number of alkyl halides is 1. The highest BCUT2D eigenvalue weighted by atomic mass is 79.9. The quantitative estimate of drug-likeness (QED) is 0.555. The first kappa shape index (κ1) is 18.6. The van der Waals surface area contributed by atoms with E-state index in [1.165, 1.54) is 0 Å². The largest absolute Gasteiger partial charge is 0.456 e. The summed E-state index contributed by atoms with van der Waals surface area (Å²) < 4.78 is 16.9. The van der Waals surface area contributed by atoms with Crippen molar-refractivity contribution in [2.45, 2.75) is 36.7 Å². The summed E-state index contributed by atoms with van der Waals surface area (Å²) in [4.78, 5) is 24.6. The average Bonchev–Trinajstić information content (AvgIpc) is 2.66. The monoisotopic (exact) mass is 418 g/mol. The molecule has 0 aliphatic carbocycles. The van der Waals surface area contributed by atoms with Crippen molar-refractivity contribution in [3.05, 3.63) is 71.8 Å². The average molecular weight is 419 g/mol. The Morgan fingerprint density at radius 3 is 1.85 bits per heavy atom. The van der Waals surface area contributed by atoms with Gasteiger partial charge in [-0.05, 0) is 31.2 Å². The number of rotatable bonds is 4. The molecule has 1 fully saturated rings. The summed E-state index contributed by atoms with van der Waals surface area (Å²) in [7, 11) is 0. The van der Waals surface area contributed by atoms with Crippen LogP contribution in [0.25, 0.3) is 0 Å². The van der Waals surface area contributed by atoms with Crippen molar-refractivity contribution < 1.29 is 23.8 Å². The molecular weight excluding hydrogens is 400 g/mol. The molecule has 26 heavy (non-hydrogen) atoms. The fourth-order valence-corrected chi connectivity index (χ4v) is 3.38. The van der Waals surface area contributed by atoms with E-state index in [9.17, 15) is 9.59 Å². The van der Waals surface area contributed by atoms with Gasteiger partial charge < -0.3 is 14.2 Å². The molecule has 2 aromatic carbocycles. The van der Waals surface area contributed by atoms with Gasteiger partial charge in [-0.2, -0.15) is 0 Å². The Balaban J connectivity index is 1.65. The zero-order valence-electron chi connectivity index (χ0n) is 14.2. The Morgan fingerprint density at radius 2 is 1.35 bits per heavy atom. The minimum atomic E-state index is -0.563. The van der Waals surface area contributed by atoms with E-state index in [4.69, 9.17) is 14.2 Å². The summed E-state index contributed by atoms with van der Waals surface area (Å²) in [5.41, 5.74) is 0.933. The van der Waals surface area contributed by atoms with Crippen molar-refractivity contribution in [1.29, 1.82) is 0 Å². The molecule has 0 radical (unpaired) electrons.